The van der Waals surface area contributed by atoms with Crippen LogP contribution in [0.2, 0.25) is 0 Å². The minimum absolute atomic E-state index is 0.0494. The van der Waals surface area contributed by atoms with E-state index in [-0.39, 0.29) is 12.2 Å². The van der Waals surface area contributed by atoms with Crippen molar-refractivity contribution in [1.29, 1.82) is 0 Å². The Kier molecular flexibility index (Phi) is 6.35. The molecule has 0 amide bonds. The van der Waals surface area contributed by atoms with Crippen LogP contribution in [0.4, 0.5) is 0 Å². The van der Waals surface area contributed by atoms with Crippen LogP contribution in [0.15, 0.2) is 0 Å². The summed E-state index contributed by atoms with van der Waals surface area (Å²) in [5.41, 5.74) is -0.0494. The van der Waals surface area contributed by atoms with Crippen molar-refractivity contribution in [1.82, 2.24) is 0 Å². The third kappa shape index (κ3) is 4.10. The smallest absolute Gasteiger partial charge is 0.0705 e. The second-order valence-electron chi connectivity index (χ2n) is 3.94. The Labute approximate surface area is 82.3 Å². The summed E-state index contributed by atoms with van der Waals surface area (Å²) in [4.78, 5) is 0. The summed E-state index contributed by atoms with van der Waals surface area (Å²) >= 11 is 0. The predicted molar refractivity (Wildman–Crippen MR) is 55.8 cm³/mol. The molecule has 0 aromatic heterocycles. The molecule has 13 heavy (non-hydrogen) atoms. The maximum absolute atomic E-state index is 8.73. The van der Waals surface area contributed by atoms with E-state index in [0.29, 0.717) is 12.5 Å². The molecular formula is C11H24O2. The molecule has 2 heteroatoms. The van der Waals surface area contributed by atoms with Gasteiger partial charge in [0.2, 0.25) is 0 Å². The SMILES string of the molecule is CCCC(C)(OCCO)C(C)CC. The Bertz CT molecular complexity index is 125. The zero-order valence-electron chi connectivity index (χ0n) is 9.47. The van der Waals surface area contributed by atoms with Crippen molar-refractivity contribution < 1.29 is 9.84 Å². The molecule has 0 rings (SSSR count). The Hall–Kier alpha value is -0.0800. The fourth-order valence-electron chi connectivity index (χ4n) is 1.67. The molecule has 0 aliphatic rings. The maximum Gasteiger partial charge on any atom is 0.0705 e. The number of hydrogen-bond acceptors (Lipinski definition) is 2. The molecular weight excluding hydrogens is 164 g/mol. The molecule has 0 heterocycles. The first kappa shape index (κ1) is 12.9. The van der Waals surface area contributed by atoms with Gasteiger partial charge < -0.3 is 9.84 Å². The lowest BCUT2D eigenvalue weighted by molar-refractivity contribution is -0.0859. The Balaban J connectivity index is 4.14. The minimum atomic E-state index is -0.0494. The third-order valence-electron chi connectivity index (χ3n) is 2.92. The predicted octanol–water partition coefficient (Wildman–Crippen LogP) is 2.60. The molecule has 2 unspecified atom stereocenters. The average Bonchev–Trinajstić information content (AvgIpc) is 2.14. The van der Waals surface area contributed by atoms with Gasteiger partial charge in [-0.3, -0.25) is 0 Å². The molecule has 0 aliphatic heterocycles. The molecule has 0 saturated heterocycles. The van der Waals surface area contributed by atoms with Gasteiger partial charge in [0.25, 0.3) is 0 Å². The Morgan fingerprint density at radius 2 is 2.00 bits per heavy atom. The normalized spacial score (nSPS) is 18.2. The summed E-state index contributed by atoms with van der Waals surface area (Å²) in [6.07, 6.45) is 3.33. The van der Waals surface area contributed by atoms with Crippen LogP contribution < -0.4 is 0 Å². The van der Waals surface area contributed by atoms with Crippen LogP contribution in [0, 0.1) is 5.92 Å². The molecule has 80 valence electrons. The fourth-order valence-corrected chi connectivity index (χ4v) is 1.67. The van der Waals surface area contributed by atoms with E-state index in [1.165, 1.54) is 0 Å². The topological polar surface area (TPSA) is 29.5 Å². The Morgan fingerprint density at radius 1 is 1.38 bits per heavy atom. The largest absolute Gasteiger partial charge is 0.394 e. The molecule has 0 fully saturated rings. The number of hydrogen-bond donors (Lipinski definition) is 1. The van der Waals surface area contributed by atoms with Crippen LogP contribution in [0.1, 0.15) is 47.0 Å². The molecule has 0 aliphatic carbocycles. The second kappa shape index (κ2) is 6.39. The lowest BCUT2D eigenvalue weighted by Gasteiger charge is -2.35. The zero-order valence-corrected chi connectivity index (χ0v) is 9.47. The van der Waals surface area contributed by atoms with Gasteiger partial charge >= 0.3 is 0 Å². The lowest BCUT2D eigenvalue weighted by atomic mass is 9.85. The fraction of sp³-hybridized carbons (Fsp3) is 1.00. The van der Waals surface area contributed by atoms with Crippen molar-refractivity contribution in [2.75, 3.05) is 13.2 Å². The van der Waals surface area contributed by atoms with E-state index in [0.717, 1.165) is 19.3 Å². The van der Waals surface area contributed by atoms with E-state index in [9.17, 15) is 0 Å². The van der Waals surface area contributed by atoms with Gasteiger partial charge in [0, 0.05) is 0 Å². The molecule has 0 aromatic carbocycles. The van der Waals surface area contributed by atoms with E-state index in [1.54, 1.807) is 0 Å². The molecule has 0 saturated carbocycles. The maximum atomic E-state index is 8.73. The second-order valence-corrected chi connectivity index (χ2v) is 3.94. The summed E-state index contributed by atoms with van der Waals surface area (Å²) in [5.74, 6) is 0.555. The van der Waals surface area contributed by atoms with Gasteiger partial charge in [-0.05, 0) is 19.3 Å². The van der Waals surface area contributed by atoms with Gasteiger partial charge in [0.05, 0.1) is 18.8 Å². The molecule has 2 atom stereocenters. The summed E-state index contributed by atoms with van der Waals surface area (Å²) in [6, 6.07) is 0. The first-order chi connectivity index (χ1) is 6.10. The molecule has 1 N–H and O–H groups in total. The molecule has 2 nitrogen and oxygen atoms in total. The van der Waals surface area contributed by atoms with Gasteiger partial charge in [0.15, 0.2) is 0 Å². The molecule has 0 radical (unpaired) electrons. The number of aliphatic hydroxyl groups is 1. The van der Waals surface area contributed by atoms with Crippen molar-refractivity contribution in [2.24, 2.45) is 5.92 Å². The van der Waals surface area contributed by atoms with Crippen LogP contribution in [0.25, 0.3) is 0 Å². The highest BCUT2D eigenvalue weighted by Crippen LogP contribution is 2.29. The van der Waals surface area contributed by atoms with Crippen molar-refractivity contribution in [2.45, 2.75) is 52.6 Å². The van der Waals surface area contributed by atoms with Crippen LogP contribution in [-0.2, 0) is 4.74 Å². The summed E-state index contributed by atoms with van der Waals surface area (Å²) < 4.78 is 5.72. The molecule has 0 spiro atoms. The van der Waals surface area contributed by atoms with Crippen LogP contribution in [0.5, 0.6) is 0 Å². The highest BCUT2D eigenvalue weighted by Gasteiger charge is 2.29. The summed E-state index contributed by atoms with van der Waals surface area (Å²) in [7, 11) is 0. The van der Waals surface area contributed by atoms with Crippen molar-refractivity contribution in [3.05, 3.63) is 0 Å². The van der Waals surface area contributed by atoms with E-state index in [4.69, 9.17) is 9.84 Å². The zero-order chi connectivity index (χ0) is 10.3. The summed E-state index contributed by atoms with van der Waals surface area (Å²) in [5, 5.41) is 8.73. The van der Waals surface area contributed by atoms with Crippen LogP contribution >= 0.6 is 0 Å². The van der Waals surface area contributed by atoms with E-state index in [1.807, 2.05) is 0 Å². The quantitative estimate of drug-likeness (QED) is 0.665. The first-order valence-electron chi connectivity index (χ1n) is 5.35. The third-order valence-corrected chi connectivity index (χ3v) is 2.92. The van der Waals surface area contributed by atoms with Crippen LogP contribution in [-0.4, -0.2) is 23.9 Å². The number of ether oxygens (including phenoxy) is 1. The Morgan fingerprint density at radius 3 is 2.38 bits per heavy atom. The number of aliphatic hydroxyl groups excluding tert-OH is 1. The van der Waals surface area contributed by atoms with E-state index < -0.39 is 0 Å². The van der Waals surface area contributed by atoms with Gasteiger partial charge in [-0.2, -0.15) is 0 Å². The van der Waals surface area contributed by atoms with Crippen molar-refractivity contribution in [3.8, 4) is 0 Å². The average molecular weight is 188 g/mol. The first-order valence-corrected chi connectivity index (χ1v) is 5.35. The van der Waals surface area contributed by atoms with Gasteiger partial charge in [-0.25, -0.2) is 0 Å². The van der Waals surface area contributed by atoms with E-state index >= 15 is 0 Å². The minimum Gasteiger partial charge on any atom is -0.394 e. The highest BCUT2D eigenvalue weighted by molar-refractivity contribution is 4.80. The molecule has 0 bridgehead atoms. The van der Waals surface area contributed by atoms with Gasteiger partial charge in [0.1, 0.15) is 0 Å². The van der Waals surface area contributed by atoms with Crippen molar-refractivity contribution in [3.63, 3.8) is 0 Å². The lowest BCUT2D eigenvalue weighted by Crippen LogP contribution is -2.36. The van der Waals surface area contributed by atoms with Gasteiger partial charge in [-0.15, -0.1) is 0 Å². The number of rotatable bonds is 7. The molecule has 0 aromatic rings. The van der Waals surface area contributed by atoms with Crippen LogP contribution in [0.3, 0.4) is 0 Å². The van der Waals surface area contributed by atoms with Crippen molar-refractivity contribution >= 4 is 0 Å². The van der Waals surface area contributed by atoms with E-state index in [2.05, 4.69) is 27.7 Å². The van der Waals surface area contributed by atoms with Gasteiger partial charge in [-0.1, -0.05) is 33.6 Å². The highest BCUT2D eigenvalue weighted by atomic mass is 16.5. The standard InChI is InChI=1S/C11H24O2/c1-5-7-11(4,10(3)6-2)13-9-8-12/h10,12H,5-9H2,1-4H3. The summed E-state index contributed by atoms with van der Waals surface area (Å²) in [6.45, 7) is 9.30. The monoisotopic (exact) mass is 188 g/mol.